The molecule has 2 heterocycles. The van der Waals surface area contributed by atoms with E-state index in [2.05, 4.69) is 20.9 Å². The van der Waals surface area contributed by atoms with Gasteiger partial charge in [0.2, 0.25) is 11.8 Å². The highest BCUT2D eigenvalue weighted by Crippen LogP contribution is 2.32. The SMILES string of the molecule is CC(C)(C)c1cc(NC(=O)C(C)(C)S(=O)(=O)CC2CCC2)no1.CC(C)(C)c1cc(NC(=O)C(C)(C)S(=O)(=O)CCCc2ccccc2)no1. The third-order valence-corrected chi connectivity index (χ3v) is 14.2. The Kier molecular flexibility index (Phi) is 12.6. The Hall–Kier alpha value is -3.52. The zero-order chi connectivity index (χ0) is 37.8. The van der Waals surface area contributed by atoms with E-state index in [1.807, 2.05) is 71.9 Å². The zero-order valence-corrected chi connectivity index (χ0v) is 32.7. The number of carbonyl (C=O) groups excluding carboxylic acids is 2. The number of hydrogen-bond donors (Lipinski definition) is 2. The van der Waals surface area contributed by atoms with E-state index in [0.717, 1.165) is 24.8 Å². The zero-order valence-electron chi connectivity index (χ0n) is 31.0. The number of nitrogens with one attached hydrogen (secondary N) is 2. The molecule has 0 spiro atoms. The van der Waals surface area contributed by atoms with Crippen molar-refractivity contribution in [3.05, 3.63) is 59.5 Å². The van der Waals surface area contributed by atoms with Crippen LogP contribution in [0.5, 0.6) is 0 Å². The first kappa shape index (κ1) is 40.9. The molecule has 1 saturated carbocycles. The van der Waals surface area contributed by atoms with E-state index in [1.165, 1.54) is 27.7 Å². The number of hydrogen-bond acceptors (Lipinski definition) is 10. The summed E-state index contributed by atoms with van der Waals surface area (Å²) in [6.07, 6.45) is 4.03. The topological polar surface area (TPSA) is 179 Å². The fourth-order valence-corrected chi connectivity index (χ4v) is 7.81. The summed E-state index contributed by atoms with van der Waals surface area (Å²) in [6, 6.07) is 12.9. The van der Waals surface area contributed by atoms with Crippen LogP contribution in [0.1, 0.15) is 112 Å². The largest absolute Gasteiger partial charge is 0.359 e. The molecule has 50 heavy (non-hydrogen) atoms. The first-order valence-electron chi connectivity index (χ1n) is 16.9. The number of rotatable bonds is 12. The second kappa shape index (κ2) is 15.4. The third kappa shape index (κ3) is 10.3. The van der Waals surface area contributed by atoms with Crippen molar-refractivity contribution in [2.45, 2.75) is 122 Å². The molecule has 1 fully saturated rings. The highest BCUT2D eigenvalue weighted by atomic mass is 32.2. The summed E-state index contributed by atoms with van der Waals surface area (Å²) in [6.45, 7) is 17.5. The predicted molar refractivity (Wildman–Crippen MR) is 196 cm³/mol. The van der Waals surface area contributed by atoms with E-state index in [-0.39, 0.29) is 39.9 Å². The normalized spacial score (nSPS) is 14.7. The van der Waals surface area contributed by atoms with Gasteiger partial charge < -0.3 is 19.7 Å². The van der Waals surface area contributed by atoms with Gasteiger partial charge in [-0.25, -0.2) is 16.8 Å². The van der Waals surface area contributed by atoms with E-state index in [0.29, 0.717) is 24.4 Å². The molecule has 0 saturated heterocycles. The van der Waals surface area contributed by atoms with Crippen LogP contribution in [0.25, 0.3) is 0 Å². The average Bonchev–Trinajstić information content (AvgIpc) is 3.66. The minimum Gasteiger partial charge on any atom is -0.359 e. The van der Waals surface area contributed by atoms with E-state index < -0.39 is 41.0 Å². The van der Waals surface area contributed by atoms with Gasteiger partial charge in [-0.2, -0.15) is 0 Å². The maximum atomic E-state index is 12.7. The minimum absolute atomic E-state index is 0.0611. The number of amides is 2. The van der Waals surface area contributed by atoms with Gasteiger partial charge in [-0.1, -0.05) is 88.6 Å². The fraction of sp³-hybridized carbons (Fsp3) is 0.611. The van der Waals surface area contributed by atoms with Crippen LogP contribution < -0.4 is 10.6 Å². The van der Waals surface area contributed by atoms with Crippen LogP contribution in [0.4, 0.5) is 11.6 Å². The van der Waals surface area contributed by atoms with Gasteiger partial charge in [0.1, 0.15) is 21.0 Å². The molecule has 12 nitrogen and oxygen atoms in total. The minimum atomic E-state index is -3.64. The Bertz CT molecular complexity index is 1830. The predicted octanol–water partition coefficient (Wildman–Crippen LogP) is 6.64. The summed E-state index contributed by atoms with van der Waals surface area (Å²) in [5.41, 5.74) is 0.587. The van der Waals surface area contributed by atoms with Gasteiger partial charge in [-0.05, 0) is 64.9 Å². The molecule has 0 radical (unpaired) electrons. The average molecular weight is 735 g/mol. The van der Waals surface area contributed by atoms with Crippen LogP contribution in [0.15, 0.2) is 51.5 Å². The molecular formula is C36H54N4O8S2. The highest BCUT2D eigenvalue weighted by Gasteiger charge is 2.44. The van der Waals surface area contributed by atoms with Crippen LogP contribution in [-0.4, -0.2) is 60.0 Å². The van der Waals surface area contributed by atoms with Crippen LogP contribution in [0.3, 0.4) is 0 Å². The van der Waals surface area contributed by atoms with Gasteiger partial charge >= 0.3 is 0 Å². The van der Waals surface area contributed by atoms with Crippen molar-refractivity contribution in [3.8, 4) is 0 Å². The number of benzene rings is 1. The molecule has 14 heteroatoms. The standard InChI is InChI=1S/C20H28N2O4S.C16H26N2O4S/c1-19(2,3)16-14-17(22-26-16)21-18(23)20(4,5)27(24,25)13-9-12-15-10-7-6-8-11-15;1-15(2,3)12-9-13(18-22-12)17-14(19)16(4,5)23(20,21)10-11-7-6-8-11/h6-8,10-11,14H,9,12-13H2,1-5H3,(H,21,22,23);9,11H,6-8,10H2,1-5H3,(H,17,18,19). The van der Waals surface area contributed by atoms with Crippen molar-refractivity contribution in [1.82, 2.24) is 10.3 Å². The van der Waals surface area contributed by atoms with Crippen LogP contribution in [0, 0.1) is 5.92 Å². The van der Waals surface area contributed by atoms with Gasteiger partial charge in [-0.15, -0.1) is 0 Å². The van der Waals surface area contributed by atoms with Crippen molar-refractivity contribution in [2.24, 2.45) is 5.92 Å². The summed E-state index contributed by atoms with van der Waals surface area (Å²) in [5.74, 6) is 0.704. The molecule has 1 aliphatic carbocycles. The molecule has 2 aromatic heterocycles. The fourth-order valence-electron chi connectivity index (χ4n) is 4.74. The summed E-state index contributed by atoms with van der Waals surface area (Å²) in [5, 5.41) is 12.8. The van der Waals surface area contributed by atoms with Crippen molar-refractivity contribution in [2.75, 3.05) is 22.1 Å². The van der Waals surface area contributed by atoms with Gasteiger partial charge in [0.15, 0.2) is 31.3 Å². The molecule has 0 aliphatic heterocycles. The summed E-state index contributed by atoms with van der Waals surface area (Å²) >= 11 is 0. The summed E-state index contributed by atoms with van der Waals surface area (Å²) in [7, 11) is -7.17. The monoisotopic (exact) mass is 734 g/mol. The molecule has 4 rings (SSSR count). The molecule has 0 bridgehead atoms. The molecule has 1 aromatic carbocycles. The third-order valence-electron chi connectivity index (χ3n) is 9.03. The van der Waals surface area contributed by atoms with E-state index >= 15 is 0 Å². The maximum Gasteiger partial charge on any atom is 0.246 e. The second-order valence-electron chi connectivity index (χ2n) is 16.1. The maximum absolute atomic E-state index is 12.7. The molecule has 1 aliphatic rings. The lowest BCUT2D eigenvalue weighted by atomic mass is 9.87. The Morgan fingerprint density at radius 2 is 1.16 bits per heavy atom. The summed E-state index contributed by atoms with van der Waals surface area (Å²) in [4.78, 5) is 25.1. The number of aromatic nitrogens is 2. The molecule has 0 atom stereocenters. The first-order chi connectivity index (χ1) is 22.9. The van der Waals surface area contributed by atoms with Crippen molar-refractivity contribution in [3.63, 3.8) is 0 Å². The Morgan fingerprint density at radius 3 is 1.54 bits per heavy atom. The first-order valence-corrected chi connectivity index (χ1v) is 20.2. The second-order valence-corrected chi connectivity index (χ2v) is 21.3. The van der Waals surface area contributed by atoms with Crippen LogP contribution in [0.2, 0.25) is 0 Å². The van der Waals surface area contributed by atoms with Gasteiger partial charge in [0.05, 0.1) is 11.5 Å². The van der Waals surface area contributed by atoms with Gasteiger partial charge in [0.25, 0.3) is 0 Å². The molecule has 0 unspecified atom stereocenters. The number of aryl methyl sites for hydroxylation is 1. The Morgan fingerprint density at radius 1 is 0.720 bits per heavy atom. The quantitative estimate of drug-likeness (QED) is 0.205. The summed E-state index contributed by atoms with van der Waals surface area (Å²) < 4.78 is 57.9. The van der Waals surface area contributed by atoms with Crippen LogP contribution in [-0.2, 0) is 46.5 Å². The number of carbonyl (C=O) groups is 2. The Balaban J connectivity index is 0.000000274. The molecule has 2 N–H and O–H groups in total. The Labute approximate surface area is 297 Å². The molecule has 2 amide bonds. The lowest BCUT2D eigenvalue weighted by Gasteiger charge is -2.30. The molecule has 278 valence electrons. The van der Waals surface area contributed by atoms with E-state index in [4.69, 9.17) is 9.05 Å². The number of anilines is 2. The number of sulfone groups is 2. The van der Waals surface area contributed by atoms with Gasteiger partial charge in [-0.3, -0.25) is 9.59 Å². The van der Waals surface area contributed by atoms with Crippen molar-refractivity contribution < 1.29 is 35.5 Å². The van der Waals surface area contributed by atoms with E-state index in [9.17, 15) is 26.4 Å². The van der Waals surface area contributed by atoms with Crippen LogP contribution >= 0.6 is 0 Å². The lowest BCUT2D eigenvalue weighted by Crippen LogP contribution is -2.47. The highest BCUT2D eigenvalue weighted by molar-refractivity contribution is 7.93. The molecular weight excluding hydrogens is 681 g/mol. The lowest BCUT2D eigenvalue weighted by molar-refractivity contribution is -0.118. The van der Waals surface area contributed by atoms with Gasteiger partial charge in [0, 0.05) is 23.0 Å². The van der Waals surface area contributed by atoms with Crippen molar-refractivity contribution in [1.29, 1.82) is 0 Å². The molecule has 3 aromatic rings. The van der Waals surface area contributed by atoms with E-state index in [1.54, 1.807) is 12.1 Å². The smallest absolute Gasteiger partial charge is 0.246 e. The van der Waals surface area contributed by atoms with Crippen molar-refractivity contribution >= 4 is 43.1 Å². The number of nitrogens with zero attached hydrogens (tertiary/aromatic N) is 2.